The normalized spacial score (nSPS) is 19.4. The second-order valence-electron chi connectivity index (χ2n) is 7.28. The average molecular weight is 421 g/mol. The van der Waals surface area contributed by atoms with Crippen molar-refractivity contribution < 1.29 is 14.2 Å². The second-order valence-corrected chi connectivity index (χ2v) is 7.71. The second kappa shape index (κ2) is 7.58. The van der Waals surface area contributed by atoms with E-state index in [-0.39, 0.29) is 12.3 Å². The molecule has 152 valence electrons. The zero-order chi connectivity index (χ0) is 20.7. The lowest BCUT2D eigenvalue weighted by molar-refractivity contribution is -0.0209. The van der Waals surface area contributed by atoms with Crippen LogP contribution in [0.25, 0.3) is 0 Å². The van der Waals surface area contributed by atoms with Gasteiger partial charge < -0.3 is 14.2 Å². The number of fused-ring (bicyclic) bond motifs is 3. The van der Waals surface area contributed by atoms with Gasteiger partial charge in [-0.15, -0.1) is 0 Å². The van der Waals surface area contributed by atoms with Crippen LogP contribution in [0.3, 0.4) is 0 Å². The lowest BCUT2D eigenvalue weighted by Crippen LogP contribution is -2.33. The van der Waals surface area contributed by atoms with Gasteiger partial charge in [-0.1, -0.05) is 35.9 Å². The highest BCUT2D eigenvalue weighted by Crippen LogP contribution is 2.50. The fourth-order valence-corrected chi connectivity index (χ4v) is 4.18. The Bertz CT molecular complexity index is 1100. The predicted octanol–water partition coefficient (Wildman–Crippen LogP) is 5.60. The Hall–Kier alpha value is -3.18. The van der Waals surface area contributed by atoms with Crippen LogP contribution < -0.4 is 14.2 Å². The van der Waals surface area contributed by atoms with Crippen LogP contribution in [0.5, 0.6) is 17.2 Å². The Morgan fingerprint density at radius 3 is 2.43 bits per heavy atom. The molecule has 0 fully saturated rings. The van der Waals surface area contributed by atoms with Crippen molar-refractivity contribution in [3.8, 4) is 17.2 Å². The van der Waals surface area contributed by atoms with Crippen LogP contribution in [-0.2, 0) is 0 Å². The number of para-hydroxylation sites is 1. The largest absolute Gasteiger partial charge is 0.497 e. The summed E-state index contributed by atoms with van der Waals surface area (Å²) in [4.78, 5) is 0. The molecule has 2 heterocycles. The van der Waals surface area contributed by atoms with E-state index in [1.54, 1.807) is 14.2 Å². The van der Waals surface area contributed by atoms with Gasteiger partial charge in [0, 0.05) is 22.6 Å². The van der Waals surface area contributed by atoms with E-state index in [0.717, 1.165) is 46.1 Å². The lowest BCUT2D eigenvalue weighted by Gasteiger charge is -2.38. The smallest absolute Gasteiger partial charge is 0.214 e. The van der Waals surface area contributed by atoms with Crippen molar-refractivity contribution in [2.75, 3.05) is 14.2 Å². The Balaban J connectivity index is 1.59. The number of hydrogen-bond acceptors (Lipinski definition) is 5. The molecule has 0 N–H and O–H groups in total. The Morgan fingerprint density at radius 1 is 0.967 bits per heavy atom. The van der Waals surface area contributed by atoms with Crippen LogP contribution in [0.15, 0.2) is 71.8 Å². The number of hydrazone groups is 1. The molecule has 6 heteroatoms. The zero-order valence-corrected chi connectivity index (χ0v) is 17.5. The molecule has 0 bridgehead atoms. The first-order valence-electron chi connectivity index (χ1n) is 9.77. The van der Waals surface area contributed by atoms with Gasteiger partial charge >= 0.3 is 0 Å². The van der Waals surface area contributed by atoms with Gasteiger partial charge in [0.1, 0.15) is 5.75 Å². The van der Waals surface area contributed by atoms with E-state index in [1.165, 1.54) is 0 Å². The Kier molecular flexibility index (Phi) is 4.75. The minimum absolute atomic E-state index is 0.0571. The Labute approximate surface area is 180 Å². The van der Waals surface area contributed by atoms with Crippen LogP contribution in [0.2, 0.25) is 5.02 Å². The highest BCUT2D eigenvalue weighted by molar-refractivity contribution is 6.30. The van der Waals surface area contributed by atoms with Crippen molar-refractivity contribution >= 4 is 17.3 Å². The number of nitrogens with zero attached hydrogens (tertiary/aromatic N) is 2. The topological polar surface area (TPSA) is 43.3 Å². The molecular formula is C24H21ClN2O3. The fourth-order valence-electron chi connectivity index (χ4n) is 4.05. The average Bonchev–Trinajstić information content (AvgIpc) is 3.24. The summed E-state index contributed by atoms with van der Waals surface area (Å²) in [5, 5.41) is 7.74. The standard InChI is InChI=1S/C24H21ClN2O3/c1-28-18-12-8-16(9-13-18)24-27-21(19-4-3-5-22(29-2)23(19)30-24)14-20(26-27)15-6-10-17(25)11-7-15/h3-13,21,24H,14H2,1-2H3/t21-,24-/m0/s1. The minimum Gasteiger partial charge on any atom is -0.497 e. The third-order valence-corrected chi connectivity index (χ3v) is 5.83. The third kappa shape index (κ3) is 3.15. The molecule has 0 saturated carbocycles. The van der Waals surface area contributed by atoms with Crippen LogP contribution in [-0.4, -0.2) is 24.9 Å². The van der Waals surface area contributed by atoms with Crippen LogP contribution in [0.1, 0.15) is 35.4 Å². The molecule has 0 aromatic heterocycles. The first-order chi connectivity index (χ1) is 14.7. The summed E-state index contributed by atoms with van der Waals surface area (Å²) in [6, 6.07) is 21.8. The van der Waals surface area contributed by atoms with E-state index in [1.807, 2.05) is 65.7 Å². The van der Waals surface area contributed by atoms with Gasteiger partial charge in [-0.2, -0.15) is 5.10 Å². The molecule has 2 atom stereocenters. The fraction of sp³-hybridized carbons (Fsp3) is 0.208. The van der Waals surface area contributed by atoms with Gasteiger partial charge in [0.2, 0.25) is 6.23 Å². The minimum atomic E-state index is -0.366. The van der Waals surface area contributed by atoms with E-state index in [4.69, 9.17) is 30.9 Å². The Morgan fingerprint density at radius 2 is 1.73 bits per heavy atom. The van der Waals surface area contributed by atoms with Gasteiger partial charge in [0.05, 0.1) is 26.0 Å². The SMILES string of the molecule is COc1ccc([C@@H]2Oc3c(OC)cccc3[C@@H]3CC(c4ccc(Cl)cc4)=NN32)cc1. The van der Waals surface area contributed by atoms with Crippen molar-refractivity contribution in [2.24, 2.45) is 5.10 Å². The third-order valence-electron chi connectivity index (χ3n) is 5.58. The van der Waals surface area contributed by atoms with Gasteiger partial charge in [-0.25, -0.2) is 5.01 Å². The van der Waals surface area contributed by atoms with Gasteiger partial charge in [0.15, 0.2) is 11.5 Å². The monoisotopic (exact) mass is 420 g/mol. The first-order valence-corrected chi connectivity index (χ1v) is 10.1. The van der Waals surface area contributed by atoms with Crippen LogP contribution in [0.4, 0.5) is 0 Å². The molecule has 0 spiro atoms. The highest BCUT2D eigenvalue weighted by Gasteiger charge is 2.42. The maximum absolute atomic E-state index is 6.46. The van der Waals surface area contributed by atoms with Gasteiger partial charge in [0.25, 0.3) is 0 Å². The van der Waals surface area contributed by atoms with E-state index in [2.05, 4.69) is 6.07 Å². The van der Waals surface area contributed by atoms with E-state index < -0.39 is 0 Å². The lowest BCUT2D eigenvalue weighted by atomic mass is 9.95. The molecule has 0 amide bonds. The van der Waals surface area contributed by atoms with Gasteiger partial charge in [-0.05, 0) is 48.0 Å². The zero-order valence-electron chi connectivity index (χ0n) is 16.7. The number of halogens is 1. The quantitative estimate of drug-likeness (QED) is 0.551. The molecule has 5 nitrogen and oxygen atoms in total. The molecule has 2 aliphatic heterocycles. The maximum atomic E-state index is 6.46. The van der Waals surface area contributed by atoms with Crippen molar-refractivity contribution in [1.29, 1.82) is 0 Å². The summed E-state index contributed by atoms with van der Waals surface area (Å²) in [6.07, 6.45) is 0.409. The molecule has 3 aromatic carbocycles. The molecule has 5 rings (SSSR count). The molecule has 2 aliphatic rings. The van der Waals surface area contributed by atoms with Crippen molar-refractivity contribution in [2.45, 2.75) is 18.7 Å². The summed E-state index contributed by atoms with van der Waals surface area (Å²) in [7, 11) is 3.32. The van der Waals surface area contributed by atoms with E-state index in [0.29, 0.717) is 5.02 Å². The molecule has 0 unspecified atom stereocenters. The molecule has 0 saturated heterocycles. The summed E-state index contributed by atoms with van der Waals surface area (Å²) in [5.41, 5.74) is 4.14. The summed E-state index contributed by atoms with van der Waals surface area (Å²) < 4.78 is 17.4. The number of rotatable bonds is 4. The van der Waals surface area contributed by atoms with Crippen molar-refractivity contribution in [3.05, 3.63) is 88.4 Å². The highest BCUT2D eigenvalue weighted by atomic mass is 35.5. The predicted molar refractivity (Wildman–Crippen MR) is 117 cm³/mol. The molecular weight excluding hydrogens is 400 g/mol. The van der Waals surface area contributed by atoms with Crippen LogP contribution >= 0.6 is 11.6 Å². The van der Waals surface area contributed by atoms with E-state index >= 15 is 0 Å². The number of hydrogen-bond donors (Lipinski definition) is 0. The van der Waals surface area contributed by atoms with Crippen molar-refractivity contribution in [1.82, 2.24) is 5.01 Å². The summed E-state index contributed by atoms with van der Waals surface area (Å²) in [6.45, 7) is 0. The molecule has 3 aromatic rings. The van der Waals surface area contributed by atoms with Crippen molar-refractivity contribution in [3.63, 3.8) is 0 Å². The van der Waals surface area contributed by atoms with Crippen LogP contribution in [0, 0.1) is 0 Å². The summed E-state index contributed by atoms with van der Waals surface area (Å²) in [5.74, 6) is 2.30. The number of methoxy groups -OCH3 is 2. The number of ether oxygens (including phenoxy) is 3. The molecule has 0 radical (unpaired) electrons. The van der Waals surface area contributed by atoms with E-state index in [9.17, 15) is 0 Å². The van der Waals surface area contributed by atoms with Gasteiger partial charge in [-0.3, -0.25) is 0 Å². The summed E-state index contributed by atoms with van der Waals surface area (Å²) >= 11 is 6.07. The molecule has 0 aliphatic carbocycles. The molecule has 30 heavy (non-hydrogen) atoms. The maximum Gasteiger partial charge on any atom is 0.214 e. The first kappa shape index (κ1) is 18.8. The number of benzene rings is 3.